The fourth-order valence-electron chi connectivity index (χ4n) is 6.14. The lowest BCUT2D eigenvalue weighted by atomic mass is 10.0. The standard InChI is InChI=1S/C44H82NO10P/c1-3-5-7-9-11-13-15-17-19-20-21-22-24-25-27-29-31-33-35-42(46)52-37-40(38-53-56(50,51)54-39-41(45)44(48)49)55-43(47)36-34-32-30-28-26-23-18-16-14-12-10-8-6-4-2/h10,12,16,18,40-41H,3-9,11,13-15,17,19-39,45H2,1-2H3,(H,48,49)(H,50,51)/b12-10+,18-16+/t40-,41+/m0/s1. The first-order valence-electron chi connectivity index (χ1n) is 22.4. The number of carbonyl (C=O) groups excluding carboxylic acids is 2. The van der Waals surface area contributed by atoms with Crippen molar-refractivity contribution in [1.82, 2.24) is 0 Å². The summed E-state index contributed by atoms with van der Waals surface area (Å²) in [7, 11) is -4.72. The highest BCUT2D eigenvalue weighted by Crippen LogP contribution is 2.43. The molecule has 3 atom stereocenters. The highest BCUT2D eigenvalue weighted by molar-refractivity contribution is 7.47. The first kappa shape index (κ1) is 54.0. The summed E-state index contributed by atoms with van der Waals surface area (Å²) in [4.78, 5) is 46.0. The molecule has 0 saturated heterocycles. The van der Waals surface area contributed by atoms with Crippen molar-refractivity contribution >= 4 is 25.7 Å². The third kappa shape index (κ3) is 38.8. The lowest BCUT2D eigenvalue weighted by Crippen LogP contribution is -2.34. The molecule has 0 aromatic rings. The fraction of sp³-hybridized carbons (Fsp3) is 0.841. The van der Waals surface area contributed by atoms with Gasteiger partial charge in [0.25, 0.3) is 0 Å². The first-order chi connectivity index (χ1) is 27.1. The highest BCUT2D eigenvalue weighted by atomic mass is 31.2. The van der Waals surface area contributed by atoms with Crippen molar-refractivity contribution < 1.29 is 47.5 Å². The highest BCUT2D eigenvalue weighted by Gasteiger charge is 2.28. The molecule has 0 aliphatic rings. The normalized spacial score (nSPS) is 13.9. The summed E-state index contributed by atoms with van der Waals surface area (Å²) >= 11 is 0. The Morgan fingerprint density at radius 2 is 0.964 bits per heavy atom. The van der Waals surface area contributed by atoms with Crippen LogP contribution in [0.4, 0.5) is 0 Å². The van der Waals surface area contributed by atoms with Crippen molar-refractivity contribution in [3.05, 3.63) is 24.3 Å². The molecular formula is C44H82NO10P. The molecule has 56 heavy (non-hydrogen) atoms. The van der Waals surface area contributed by atoms with Crippen molar-refractivity contribution in [1.29, 1.82) is 0 Å². The van der Waals surface area contributed by atoms with Gasteiger partial charge in [-0.05, 0) is 38.5 Å². The number of aliphatic carboxylic acids is 1. The fourth-order valence-corrected chi connectivity index (χ4v) is 6.92. The molecule has 0 aliphatic carbocycles. The number of rotatable bonds is 42. The molecule has 0 fully saturated rings. The minimum absolute atomic E-state index is 0.148. The van der Waals surface area contributed by atoms with Crippen LogP contribution in [0.25, 0.3) is 0 Å². The molecule has 0 radical (unpaired) electrons. The molecule has 0 aliphatic heterocycles. The maximum atomic E-state index is 12.6. The van der Waals surface area contributed by atoms with E-state index in [-0.39, 0.29) is 19.4 Å². The Morgan fingerprint density at radius 1 is 0.554 bits per heavy atom. The number of carbonyl (C=O) groups is 3. The van der Waals surface area contributed by atoms with Crippen molar-refractivity contribution in [3.63, 3.8) is 0 Å². The van der Waals surface area contributed by atoms with Gasteiger partial charge < -0.3 is 25.2 Å². The second-order valence-corrected chi connectivity index (χ2v) is 16.6. The van der Waals surface area contributed by atoms with Gasteiger partial charge in [-0.3, -0.25) is 23.4 Å². The predicted molar refractivity (Wildman–Crippen MR) is 226 cm³/mol. The smallest absolute Gasteiger partial charge is 0.472 e. The van der Waals surface area contributed by atoms with Gasteiger partial charge in [0, 0.05) is 12.8 Å². The van der Waals surface area contributed by atoms with Crippen LogP contribution in [0.2, 0.25) is 0 Å². The summed E-state index contributed by atoms with van der Waals surface area (Å²) in [5.41, 5.74) is 5.33. The maximum Gasteiger partial charge on any atom is 0.472 e. The van der Waals surface area contributed by atoms with Crippen molar-refractivity contribution in [2.45, 2.75) is 219 Å². The van der Waals surface area contributed by atoms with Gasteiger partial charge in [-0.2, -0.15) is 0 Å². The molecule has 11 nitrogen and oxygen atoms in total. The molecule has 0 aromatic heterocycles. The van der Waals surface area contributed by atoms with Gasteiger partial charge in [0.05, 0.1) is 13.2 Å². The Morgan fingerprint density at radius 3 is 1.45 bits per heavy atom. The molecule has 0 spiro atoms. The summed E-state index contributed by atoms with van der Waals surface area (Å²) in [6.45, 7) is 2.77. The topological polar surface area (TPSA) is 172 Å². The molecule has 0 amide bonds. The van der Waals surface area contributed by atoms with Crippen LogP contribution in [0.1, 0.15) is 206 Å². The van der Waals surface area contributed by atoms with Gasteiger partial charge in [-0.25, -0.2) is 4.57 Å². The number of phosphoric ester groups is 1. The average molecular weight is 816 g/mol. The van der Waals surface area contributed by atoms with Crippen LogP contribution in [-0.4, -0.2) is 59.9 Å². The Labute approximate surface area is 340 Å². The molecule has 0 saturated carbocycles. The van der Waals surface area contributed by atoms with Crippen LogP contribution >= 0.6 is 7.82 Å². The van der Waals surface area contributed by atoms with E-state index in [4.69, 9.17) is 24.8 Å². The summed E-state index contributed by atoms with van der Waals surface area (Å²) in [6.07, 6.45) is 41.0. The molecule has 0 rings (SSSR count). The molecule has 12 heteroatoms. The quantitative estimate of drug-likeness (QED) is 0.0232. The van der Waals surface area contributed by atoms with Gasteiger partial charge in [0.1, 0.15) is 12.6 Å². The van der Waals surface area contributed by atoms with E-state index >= 15 is 0 Å². The molecule has 4 N–H and O–H groups in total. The summed E-state index contributed by atoms with van der Waals surface area (Å²) in [5, 5.41) is 8.89. The lowest BCUT2D eigenvalue weighted by Gasteiger charge is -2.20. The molecule has 0 aromatic carbocycles. The summed E-state index contributed by atoms with van der Waals surface area (Å²) < 4.78 is 32.7. The van der Waals surface area contributed by atoms with Crippen LogP contribution in [0.3, 0.4) is 0 Å². The minimum atomic E-state index is -4.72. The number of esters is 2. The van der Waals surface area contributed by atoms with Gasteiger partial charge in [-0.15, -0.1) is 0 Å². The Kier molecular flexibility index (Phi) is 38.3. The van der Waals surface area contributed by atoms with E-state index in [1.165, 1.54) is 103 Å². The zero-order chi connectivity index (χ0) is 41.4. The lowest BCUT2D eigenvalue weighted by molar-refractivity contribution is -0.161. The number of carboxylic acids is 1. The third-order valence-electron chi connectivity index (χ3n) is 9.70. The average Bonchev–Trinajstić information content (AvgIpc) is 3.17. The zero-order valence-electron chi connectivity index (χ0n) is 35.5. The molecule has 1 unspecified atom stereocenters. The van der Waals surface area contributed by atoms with Gasteiger partial charge in [0.15, 0.2) is 6.10 Å². The van der Waals surface area contributed by atoms with Crippen molar-refractivity contribution in [3.8, 4) is 0 Å². The number of phosphoric acid groups is 1. The summed E-state index contributed by atoms with van der Waals surface area (Å²) in [6, 6.07) is -1.52. The van der Waals surface area contributed by atoms with Crippen LogP contribution < -0.4 is 5.73 Å². The van der Waals surface area contributed by atoms with E-state index in [1.54, 1.807) is 0 Å². The van der Waals surface area contributed by atoms with Gasteiger partial charge >= 0.3 is 25.7 Å². The number of carboxylic acid groups (broad SMARTS) is 1. The van der Waals surface area contributed by atoms with Crippen LogP contribution in [0.15, 0.2) is 24.3 Å². The monoisotopic (exact) mass is 816 g/mol. The number of hydrogen-bond donors (Lipinski definition) is 3. The Hall–Kier alpha value is -2.04. The minimum Gasteiger partial charge on any atom is -0.480 e. The second-order valence-electron chi connectivity index (χ2n) is 15.2. The number of hydrogen-bond acceptors (Lipinski definition) is 9. The zero-order valence-corrected chi connectivity index (χ0v) is 36.4. The van der Waals surface area contributed by atoms with Crippen molar-refractivity contribution in [2.24, 2.45) is 5.73 Å². The second kappa shape index (κ2) is 39.8. The van der Waals surface area contributed by atoms with Gasteiger partial charge in [0.2, 0.25) is 0 Å². The Balaban J connectivity index is 4.31. The van der Waals surface area contributed by atoms with E-state index < -0.39 is 51.1 Å². The number of ether oxygens (including phenoxy) is 2. The SMILES string of the molecule is CCCC/C=C/C/C=C/CCCCCCCC(=O)O[C@@H](COC(=O)CCCCCCCCCCCCCCCCCCCC)COP(=O)(O)OC[C@@H](N)C(=O)O. The van der Waals surface area contributed by atoms with Crippen LogP contribution in [0, 0.1) is 0 Å². The number of allylic oxidation sites excluding steroid dienone is 4. The van der Waals surface area contributed by atoms with Gasteiger partial charge in [-0.1, -0.05) is 179 Å². The van der Waals surface area contributed by atoms with E-state index in [9.17, 15) is 23.8 Å². The van der Waals surface area contributed by atoms with Crippen LogP contribution in [-0.2, 0) is 37.5 Å². The largest absolute Gasteiger partial charge is 0.480 e. The first-order valence-corrected chi connectivity index (χ1v) is 23.9. The predicted octanol–water partition coefficient (Wildman–Crippen LogP) is 11.8. The van der Waals surface area contributed by atoms with E-state index in [0.29, 0.717) is 12.8 Å². The molecule has 328 valence electrons. The van der Waals surface area contributed by atoms with E-state index in [2.05, 4.69) is 42.7 Å². The van der Waals surface area contributed by atoms with E-state index in [1.807, 2.05) is 0 Å². The Bertz CT molecular complexity index is 1050. The maximum absolute atomic E-state index is 12.6. The molecular weight excluding hydrogens is 733 g/mol. The summed E-state index contributed by atoms with van der Waals surface area (Å²) in [5.74, 6) is -2.39. The van der Waals surface area contributed by atoms with Crippen LogP contribution in [0.5, 0.6) is 0 Å². The molecule has 0 heterocycles. The number of unbranched alkanes of at least 4 members (excludes halogenated alkanes) is 24. The van der Waals surface area contributed by atoms with Crippen molar-refractivity contribution in [2.75, 3.05) is 19.8 Å². The molecule has 0 bridgehead atoms. The van der Waals surface area contributed by atoms with E-state index in [0.717, 1.165) is 64.2 Å². The number of nitrogens with two attached hydrogens (primary N) is 1. The third-order valence-corrected chi connectivity index (χ3v) is 10.7.